The molecule has 5 nitrogen and oxygen atoms in total. The molecule has 0 bridgehead atoms. The van der Waals surface area contributed by atoms with E-state index in [1.54, 1.807) is 31.9 Å². The van der Waals surface area contributed by atoms with Crippen molar-refractivity contribution >= 4 is 11.6 Å². The van der Waals surface area contributed by atoms with Crippen LogP contribution >= 0.6 is 0 Å². The second-order valence-electron chi connectivity index (χ2n) is 7.06. The van der Waals surface area contributed by atoms with Gasteiger partial charge in [0.05, 0.1) is 11.8 Å². The first-order chi connectivity index (χ1) is 15.0. The maximum Gasteiger partial charge on any atom is 0.573 e. The van der Waals surface area contributed by atoms with Crippen LogP contribution in [0.3, 0.4) is 0 Å². The summed E-state index contributed by atoms with van der Waals surface area (Å²) < 4.78 is 41.4. The lowest BCUT2D eigenvalue weighted by Crippen LogP contribution is -2.23. The molecule has 0 aromatic heterocycles. The number of amides is 1. The van der Waals surface area contributed by atoms with Crippen LogP contribution < -0.4 is 15.0 Å². The smallest absolute Gasteiger partial charge is 0.406 e. The van der Waals surface area contributed by atoms with Crippen LogP contribution in [0.5, 0.6) is 5.75 Å². The number of carbonyl (C=O) groups excluding carboxylic acids is 1. The third kappa shape index (κ3) is 6.05. The summed E-state index contributed by atoms with van der Waals surface area (Å²) in [4.78, 5) is 13.4. The Kier molecular flexibility index (Phi) is 7.95. The SMILES string of the molecule is C=CC(=O)NCc1cc(-c2ccc(OC(F)(F)F)cc2)c(C)c(N(C)C#CC)c1C(C)O. The van der Waals surface area contributed by atoms with E-state index >= 15 is 0 Å². The van der Waals surface area contributed by atoms with E-state index in [0.29, 0.717) is 22.4 Å². The standard InChI is InChI=1S/C24H25F3N2O3/c1-6-12-29(5)23-15(3)20(17-8-10-19(11-9-17)32-24(25,26)27)13-18(22(23)16(4)30)14-28-21(31)7-2/h7-11,13,16,30H,2,14H2,1,3-5H3,(H,28,31). The molecule has 2 N–H and O–H groups in total. The third-order valence-electron chi connectivity index (χ3n) is 4.75. The van der Waals surface area contributed by atoms with Crippen LogP contribution in [0, 0.1) is 18.9 Å². The van der Waals surface area contributed by atoms with Gasteiger partial charge >= 0.3 is 6.36 Å². The van der Waals surface area contributed by atoms with Gasteiger partial charge in [-0.2, -0.15) is 0 Å². The first kappa shape index (κ1) is 24.8. The summed E-state index contributed by atoms with van der Waals surface area (Å²) >= 11 is 0. The lowest BCUT2D eigenvalue weighted by Gasteiger charge is -2.26. The van der Waals surface area contributed by atoms with Crippen LogP contribution in [0.2, 0.25) is 0 Å². The molecule has 2 aromatic rings. The second kappa shape index (κ2) is 10.2. The van der Waals surface area contributed by atoms with Gasteiger partial charge in [-0.3, -0.25) is 4.79 Å². The molecular formula is C24H25F3N2O3. The first-order valence-electron chi connectivity index (χ1n) is 9.75. The highest BCUT2D eigenvalue weighted by atomic mass is 19.4. The van der Waals surface area contributed by atoms with E-state index < -0.39 is 12.5 Å². The van der Waals surface area contributed by atoms with Crippen molar-refractivity contribution in [3.8, 4) is 28.8 Å². The Morgan fingerprint density at radius 1 is 1.34 bits per heavy atom. The average molecular weight is 446 g/mol. The number of anilines is 1. The molecule has 32 heavy (non-hydrogen) atoms. The van der Waals surface area contributed by atoms with Gasteiger partial charge < -0.3 is 20.1 Å². The lowest BCUT2D eigenvalue weighted by atomic mass is 9.89. The Hall–Kier alpha value is -3.44. The molecule has 0 fully saturated rings. The molecule has 0 saturated carbocycles. The van der Waals surface area contributed by atoms with E-state index in [9.17, 15) is 23.1 Å². The highest BCUT2D eigenvalue weighted by Crippen LogP contribution is 2.39. The quantitative estimate of drug-likeness (QED) is 0.363. The van der Waals surface area contributed by atoms with E-state index in [1.807, 2.05) is 6.92 Å². The minimum absolute atomic E-state index is 0.119. The number of carbonyl (C=O) groups is 1. The molecule has 2 rings (SSSR count). The van der Waals surface area contributed by atoms with Crippen molar-refractivity contribution in [3.05, 3.63) is 59.7 Å². The predicted molar refractivity (Wildman–Crippen MR) is 118 cm³/mol. The van der Waals surface area contributed by atoms with Crippen LogP contribution in [0.1, 0.15) is 36.6 Å². The van der Waals surface area contributed by atoms with Crippen molar-refractivity contribution in [1.29, 1.82) is 0 Å². The van der Waals surface area contributed by atoms with Gasteiger partial charge in [-0.15, -0.1) is 13.2 Å². The van der Waals surface area contributed by atoms with Gasteiger partial charge in [-0.25, -0.2) is 0 Å². The number of benzene rings is 2. The molecular weight excluding hydrogens is 421 g/mol. The van der Waals surface area contributed by atoms with Crippen molar-refractivity contribution in [2.75, 3.05) is 11.9 Å². The fourth-order valence-corrected chi connectivity index (χ4v) is 3.50. The van der Waals surface area contributed by atoms with E-state index in [1.165, 1.54) is 24.3 Å². The largest absolute Gasteiger partial charge is 0.573 e. The van der Waals surface area contributed by atoms with Crippen LogP contribution in [-0.4, -0.2) is 24.4 Å². The van der Waals surface area contributed by atoms with E-state index in [-0.39, 0.29) is 18.2 Å². The second-order valence-corrected chi connectivity index (χ2v) is 7.06. The molecule has 170 valence electrons. The van der Waals surface area contributed by atoms with Crippen LogP contribution in [0.15, 0.2) is 43.0 Å². The molecule has 0 aliphatic rings. The molecule has 1 amide bonds. The number of nitrogens with zero attached hydrogens (tertiary/aromatic N) is 1. The van der Waals surface area contributed by atoms with Crippen molar-refractivity contribution in [2.24, 2.45) is 0 Å². The summed E-state index contributed by atoms with van der Waals surface area (Å²) in [6.07, 6.45) is -4.50. The molecule has 0 aliphatic heterocycles. The Labute approximate surface area is 185 Å². The number of halogens is 3. The summed E-state index contributed by atoms with van der Waals surface area (Å²) in [7, 11) is 1.75. The minimum atomic E-state index is -4.78. The maximum atomic E-state index is 12.5. The summed E-state index contributed by atoms with van der Waals surface area (Å²) in [5.41, 5.74) is 4.03. The minimum Gasteiger partial charge on any atom is -0.406 e. The van der Waals surface area contributed by atoms with Gasteiger partial charge in [0.15, 0.2) is 0 Å². The van der Waals surface area contributed by atoms with Crippen molar-refractivity contribution in [1.82, 2.24) is 5.32 Å². The molecule has 8 heteroatoms. The average Bonchev–Trinajstić information content (AvgIpc) is 2.71. The highest BCUT2D eigenvalue weighted by Gasteiger charge is 2.31. The first-order valence-corrected chi connectivity index (χ1v) is 9.75. The molecule has 2 aromatic carbocycles. The Bertz CT molecular complexity index is 1050. The van der Waals surface area contributed by atoms with E-state index in [0.717, 1.165) is 17.2 Å². The van der Waals surface area contributed by atoms with E-state index in [2.05, 4.69) is 28.6 Å². The number of ether oxygens (including phenoxy) is 1. The van der Waals surface area contributed by atoms with Crippen LogP contribution in [0.25, 0.3) is 11.1 Å². The molecule has 0 saturated heterocycles. The van der Waals surface area contributed by atoms with Crippen LogP contribution in [0.4, 0.5) is 18.9 Å². The van der Waals surface area contributed by atoms with Gasteiger partial charge in [-0.05, 0) is 67.3 Å². The van der Waals surface area contributed by atoms with Crippen LogP contribution in [-0.2, 0) is 11.3 Å². The Balaban J connectivity index is 2.68. The number of hydrogen-bond acceptors (Lipinski definition) is 4. The van der Waals surface area contributed by atoms with Crippen molar-refractivity contribution in [3.63, 3.8) is 0 Å². The molecule has 1 unspecified atom stereocenters. The fraction of sp³-hybridized carbons (Fsp3) is 0.292. The zero-order valence-corrected chi connectivity index (χ0v) is 18.3. The number of nitrogens with one attached hydrogen (secondary N) is 1. The van der Waals surface area contributed by atoms with Crippen molar-refractivity contribution in [2.45, 2.75) is 39.8 Å². The monoisotopic (exact) mass is 446 g/mol. The summed E-state index contributed by atoms with van der Waals surface area (Å²) in [5, 5.41) is 13.2. The number of aliphatic hydroxyl groups is 1. The topological polar surface area (TPSA) is 61.8 Å². The fourth-order valence-electron chi connectivity index (χ4n) is 3.50. The number of alkyl halides is 3. The Morgan fingerprint density at radius 3 is 2.47 bits per heavy atom. The number of rotatable bonds is 7. The lowest BCUT2D eigenvalue weighted by molar-refractivity contribution is -0.274. The molecule has 0 spiro atoms. The van der Waals surface area contributed by atoms with Crippen molar-refractivity contribution < 1.29 is 27.8 Å². The third-order valence-corrected chi connectivity index (χ3v) is 4.75. The summed E-state index contributed by atoms with van der Waals surface area (Å²) in [5.74, 6) is 2.11. The zero-order valence-electron chi connectivity index (χ0n) is 18.3. The summed E-state index contributed by atoms with van der Waals surface area (Å²) in [6, 6.07) is 10.3. The molecule has 1 atom stereocenters. The highest BCUT2D eigenvalue weighted by molar-refractivity contribution is 5.87. The number of aliphatic hydroxyl groups excluding tert-OH is 1. The molecule has 0 aliphatic carbocycles. The van der Waals surface area contributed by atoms with Gasteiger partial charge in [0.1, 0.15) is 5.75 Å². The van der Waals surface area contributed by atoms with Gasteiger partial charge in [0.25, 0.3) is 0 Å². The van der Waals surface area contributed by atoms with E-state index in [4.69, 9.17) is 0 Å². The number of hydrogen-bond donors (Lipinski definition) is 2. The predicted octanol–water partition coefficient (Wildman–Crippen LogP) is 4.83. The summed E-state index contributed by atoms with van der Waals surface area (Å²) in [6.45, 7) is 8.70. The Morgan fingerprint density at radius 2 is 1.97 bits per heavy atom. The van der Waals surface area contributed by atoms with Gasteiger partial charge in [-0.1, -0.05) is 24.6 Å². The van der Waals surface area contributed by atoms with Gasteiger partial charge in [0.2, 0.25) is 5.91 Å². The molecule has 0 heterocycles. The molecule has 0 radical (unpaired) electrons. The normalized spacial score (nSPS) is 11.8. The van der Waals surface area contributed by atoms with Gasteiger partial charge in [0, 0.05) is 25.2 Å². The zero-order chi connectivity index (χ0) is 24.1. The maximum absolute atomic E-state index is 12.5.